The van der Waals surface area contributed by atoms with E-state index in [1.807, 2.05) is 78.6 Å². The van der Waals surface area contributed by atoms with Gasteiger partial charge in [-0.05, 0) is 89.9 Å². The summed E-state index contributed by atoms with van der Waals surface area (Å²) in [4.78, 5) is 73.3. The van der Waals surface area contributed by atoms with E-state index < -0.39 is 28.5 Å². The molecule has 4 aromatic rings. The van der Waals surface area contributed by atoms with Crippen LogP contribution in [0.4, 0.5) is 39.0 Å². The first-order valence-electron chi connectivity index (χ1n) is 41.5. The Balaban J connectivity index is 0.000000169. The molecule has 0 saturated carbocycles. The molecule has 114 heavy (non-hydrogen) atoms. The molecule has 0 unspecified atom stereocenters. The van der Waals surface area contributed by atoms with E-state index in [4.69, 9.17) is 19.2 Å². The highest BCUT2D eigenvalue weighted by atomic mass is 19.3. The minimum atomic E-state index is -3.03. The molecular formula is C85H130F5N15O9. The smallest absolute Gasteiger partial charge is 0.289 e. The number of aliphatic hydroxyl groups excluding tert-OH is 3. The van der Waals surface area contributed by atoms with Gasteiger partial charge in [0.2, 0.25) is 17.7 Å². The van der Waals surface area contributed by atoms with Gasteiger partial charge in [-0.3, -0.25) is 58.7 Å². The van der Waals surface area contributed by atoms with Crippen molar-refractivity contribution in [3.8, 4) is 0 Å². The molecule has 13 rings (SSSR count). The zero-order valence-electron chi connectivity index (χ0n) is 70.3. The summed E-state index contributed by atoms with van der Waals surface area (Å²) in [5, 5.41) is 40.8. The van der Waals surface area contributed by atoms with Crippen LogP contribution in [0, 0.1) is 12.7 Å². The van der Waals surface area contributed by atoms with Crippen molar-refractivity contribution in [1.82, 2.24) is 60.3 Å². The van der Waals surface area contributed by atoms with E-state index in [9.17, 15) is 51.7 Å². The Morgan fingerprint density at radius 1 is 0.509 bits per heavy atom. The van der Waals surface area contributed by atoms with Crippen molar-refractivity contribution in [3.05, 3.63) is 106 Å². The molecule has 0 spiro atoms. The molecule has 6 saturated heterocycles. The van der Waals surface area contributed by atoms with E-state index in [-0.39, 0.29) is 133 Å². The summed E-state index contributed by atoms with van der Waals surface area (Å²) in [5.41, 5.74) is 4.75. The van der Waals surface area contributed by atoms with E-state index in [1.165, 1.54) is 30.6 Å². The fraction of sp³-hybridized carbons (Fsp3) is 0.718. The van der Waals surface area contributed by atoms with E-state index >= 15 is 0 Å². The molecule has 634 valence electrons. The van der Waals surface area contributed by atoms with Crippen LogP contribution in [0.3, 0.4) is 0 Å². The summed E-state index contributed by atoms with van der Waals surface area (Å²) in [6, 6.07) is 10.8. The van der Waals surface area contributed by atoms with Gasteiger partial charge >= 0.3 is 0 Å². The Morgan fingerprint density at radius 2 is 0.842 bits per heavy atom. The summed E-state index contributed by atoms with van der Waals surface area (Å²) in [5.74, 6) is -6.38. The van der Waals surface area contributed by atoms with Crippen LogP contribution < -0.4 is 30.7 Å². The van der Waals surface area contributed by atoms with Gasteiger partial charge in [-0.2, -0.15) is 17.6 Å². The number of fused-ring (bicyclic) bond motifs is 3. The summed E-state index contributed by atoms with van der Waals surface area (Å²) in [6.07, 6.45) is 5.72. The third kappa shape index (κ3) is 20.2. The number of carbonyl (C=O) groups is 3. The first-order chi connectivity index (χ1) is 53.8. The lowest BCUT2D eigenvalue weighted by Crippen LogP contribution is -2.65. The number of ether oxygens (including phenoxy) is 3. The number of nitrogens with zero attached hydrogens (tertiary/aromatic N) is 12. The molecule has 0 bridgehead atoms. The maximum Gasteiger partial charge on any atom is 0.289 e. The number of hydrogen-bond donors (Lipinski definition) is 6. The highest BCUT2D eigenvalue weighted by molar-refractivity contribution is 5.99. The quantitative estimate of drug-likeness (QED) is 0.0403. The minimum absolute atomic E-state index is 0.00115. The number of halogens is 5. The highest BCUT2D eigenvalue weighted by Gasteiger charge is 2.48. The lowest BCUT2D eigenvalue weighted by atomic mass is 9.88. The zero-order chi connectivity index (χ0) is 82.7. The van der Waals surface area contributed by atoms with Crippen LogP contribution >= 0.6 is 0 Å². The molecule has 9 aliphatic rings. The molecule has 9 aliphatic heterocycles. The van der Waals surface area contributed by atoms with Crippen LogP contribution in [0.5, 0.6) is 0 Å². The average Bonchev–Trinajstić information content (AvgIpc) is 1.61. The lowest BCUT2D eigenvalue weighted by Gasteiger charge is -2.48. The third-order valence-corrected chi connectivity index (χ3v) is 25.4. The van der Waals surface area contributed by atoms with Gasteiger partial charge in [0.15, 0.2) is 0 Å². The molecule has 0 radical (unpaired) electrons. The van der Waals surface area contributed by atoms with Crippen molar-refractivity contribution in [2.45, 2.75) is 217 Å². The van der Waals surface area contributed by atoms with Gasteiger partial charge in [0, 0.05) is 211 Å². The number of aliphatic hydroxyl groups is 3. The lowest BCUT2D eigenvalue weighted by molar-refractivity contribution is -0.122. The number of aryl methyl sites for hydroxylation is 1. The number of hydrogen-bond acceptors (Lipinski definition) is 21. The van der Waals surface area contributed by atoms with Crippen molar-refractivity contribution in [2.75, 3.05) is 192 Å². The number of aromatic nitrogens is 3. The van der Waals surface area contributed by atoms with Crippen molar-refractivity contribution in [3.63, 3.8) is 0 Å². The Labute approximate surface area is 672 Å². The number of carbonyl (C=O) groups excluding carboxylic acids is 3. The predicted molar refractivity (Wildman–Crippen MR) is 433 cm³/mol. The normalized spacial score (nSPS) is 28.3. The number of amides is 3. The molecule has 29 heteroatoms. The number of benzene rings is 1. The number of nitrogens with one attached hydrogen (secondary N) is 3. The molecule has 24 nitrogen and oxygen atoms in total. The van der Waals surface area contributed by atoms with Gasteiger partial charge < -0.3 is 60.2 Å². The molecule has 3 amide bonds. The number of rotatable bonds is 23. The highest BCUT2D eigenvalue weighted by Crippen LogP contribution is 2.46. The molecular weight excluding hydrogens is 1470 g/mol. The first-order valence-corrected chi connectivity index (χ1v) is 41.5. The second kappa shape index (κ2) is 36.4. The van der Waals surface area contributed by atoms with Crippen LogP contribution in [0.1, 0.15) is 168 Å². The number of anilines is 3. The average molecular weight is 1600 g/mol. The predicted octanol–water partition coefficient (Wildman–Crippen LogP) is 7.18. The molecule has 3 aromatic heterocycles. The largest absolute Gasteiger partial charge is 0.394 e. The van der Waals surface area contributed by atoms with Gasteiger partial charge in [0.1, 0.15) is 17.2 Å². The summed E-state index contributed by atoms with van der Waals surface area (Å²) in [7, 11) is 0. The first kappa shape index (κ1) is 88.9. The fourth-order valence-corrected chi connectivity index (χ4v) is 18.0. The molecule has 12 heterocycles. The van der Waals surface area contributed by atoms with Crippen molar-refractivity contribution in [1.29, 1.82) is 0 Å². The van der Waals surface area contributed by atoms with Gasteiger partial charge in [-0.1, -0.05) is 74.3 Å². The standard InChI is InChI=1S/C31H44FN5O3.2C27H43F2N5O3/c1-21-10-24(32)7-6-23(21)11-25-12-28-27(14-34-25)30(3,4)18-37(28)29(39)17-35-15-22(2)33-13-26(35)16-36-8-9-40-20-31(36,5)19-38;2*1-6-7-27(28,29)23-10-22-21(12-31-23)25(3,4)16-34(22)24(36)15-32-13-19(2)30-11-20(32)14-33-8-9-37-18-26(33,5)17-35/h6-7,10,12,14,22,26,33,38H,8-9,11,13,15-20H2,1-5H3;2*10,12,19-20,30,35H,6-9,11,13-18H2,1-5H3/t22-,26-,31-;19-,20-,26+;19-,20-,26-/m111/s1. The zero-order valence-corrected chi connectivity index (χ0v) is 70.3. The topological polar surface area (TPSA) is 244 Å². The van der Waals surface area contributed by atoms with Crippen LogP contribution in [-0.4, -0.2) is 308 Å². The Kier molecular flexibility index (Phi) is 28.4. The number of piperazine rings is 3. The Bertz CT molecular complexity index is 3820. The van der Waals surface area contributed by atoms with Gasteiger partial charge in [0.05, 0.1) is 113 Å². The molecule has 6 N–H and O–H groups in total. The SMILES string of the molecule is CCCC(F)(F)c1cc2c(cn1)C(C)(C)CN2C(=O)CN1C[C@@H](C)NC[C@@H]1CN1CCOC[C@@]1(C)CO.CCCC(F)(F)c1cc2c(cn1)C(C)(C)CN2C(=O)CN1C[C@@H](C)NC[C@@H]1CN1CCOC[C@]1(C)CO.Cc1cc(F)ccc1Cc1cc2c(cn1)C(C)(C)CN2C(=O)CN1C[C@@H](C)NC[C@@H]1CN1CCOC[C@@]1(C)CO. The number of pyridine rings is 3. The van der Waals surface area contributed by atoms with Crippen molar-refractivity contribution >= 4 is 34.8 Å². The van der Waals surface area contributed by atoms with E-state index in [0.717, 1.165) is 91.6 Å². The van der Waals surface area contributed by atoms with E-state index in [0.29, 0.717) is 123 Å². The maximum atomic E-state index is 14.7. The van der Waals surface area contributed by atoms with Gasteiger partial charge in [-0.25, -0.2) is 4.39 Å². The second-order valence-electron chi connectivity index (χ2n) is 36.8. The third-order valence-electron chi connectivity index (χ3n) is 25.4. The summed E-state index contributed by atoms with van der Waals surface area (Å²) >= 11 is 0. The van der Waals surface area contributed by atoms with E-state index in [1.54, 1.807) is 29.7 Å². The summed E-state index contributed by atoms with van der Waals surface area (Å²) < 4.78 is 89.4. The minimum Gasteiger partial charge on any atom is -0.394 e. The van der Waals surface area contributed by atoms with Gasteiger partial charge in [0.25, 0.3) is 11.8 Å². The number of morpholine rings is 3. The molecule has 6 fully saturated rings. The summed E-state index contributed by atoms with van der Waals surface area (Å²) in [6.45, 7) is 44.6. The Morgan fingerprint density at radius 3 is 1.17 bits per heavy atom. The van der Waals surface area contributed by atoms with Crippen LogP contribution in [0.2, 0.25) is 0 Å². The number of alkyl halides is 4. The monoisotopic (exact) mass is 1600 g/mol. The second-order valence-corrected chi connectivity index (χ2v) is 36.8. The fourth-order valence-electron chi connectivity index (χ4n) is 18.0. The van der Waals surface area contributed by atoms with E-state index in [2.05, 4.69) is 89.9 Å². The molecule has 0 aliphatic carbocycles. The van der Waals surface area contributed by atoms with Crippen LogP contribution in [-0.2, 0) is 63.1 Å². The van der Waals surface area contributed by atoms with Crippen LogP contribution in [0.15, 0.2) is 55.0 Å². The Hall–Kier alpha value is -5.87. The van der Waals surface area contributed by atoms with Gasteiger partial charge in [-0.15, -0.1) is 0 Å². The molecule has 1 aromatic carbocycles. The maximum absolute atomic E-state index is 14.7. The molecule has 9 atom stereocenters. The van der Waals surface area contributed by atoms with Crippen molar-refractivity contribution < 1.29 is 65.9 Å². The van der Waals surface area contributed by atoms with Crippen molar-refractivity contribution in [2.24, 2.45) is 0 Å². The van der Waals surface area contributed by atoms with Crippen LogP contribution in [0.25, 0.3) is 0 Å².